The van der Waals surface area contributed by atoms with Crippen molar-refractivity contribution >= 4 is 10.8 Å². The predicted molar refractivity (Wildman–Crippen MR) is 109 cm³/mol. The van der Waals surface area contributed by atoms with Crippen LogP contribution in [0.1, 0.15) is 5.56 Å². The molecular weight excluding hydrogens is 354 g/mol. The van der Waals surface area contributed by atoms with E-state index in [1.165, 1.54) is 5.56 Å². The zero-order chi connectivity index (χ0) is 18.8. The fourth-order valence-corrected chi connectivity index (χ4v) is 3.60. The van der Waals surface area contributed by atoms with E-state index >= 15 is 0 Å². The van der Waals surface area contributed by atoms with Gasteiger partial charge in [0.15, 0.2) is 12.4 Å². The highest BCUT2D eigenvalue weighted by Crippen LogP contribution is 2.33. The van der Waals surface area contributed by atoms with Gasteiger partial charge in [-0.3, -0.25) is 4.21 Å². The largest absolute Gasteiger partial charge is 0.337 e. The van der Waals surface area contributed by atoms with Crippen molar-refractivity contribution in [2.75, 3.05) is 6.26 Å². The van der Waals surface area contributed by atoms with Gasteiger partial charge in [0.05, 0.1) is 11.4 Å². The molecule has 27 heavy (non-hydrogen) atoms. The van der Waals surface area contributed by atoms with Gasteiger partial charge in [-0.25, -0.2) is 9.97 Å². The Morgan fingerprint density at radius 2 is 1.67 bits per heavy atom. The molecule has 2 aromatic carbocycles. The summed E-state index contributed by atoms with van der Waals surface area (Å²) >= 11 is 0. The first-order valence-electron chi connectivity index (χ1n) is 8.69. The first-order valence-corrected chi connectivity index (χ1v) is 10.2. The van der Waals surface area contributed by atoms with Crippen LogP contribution in [-0.2, 0) is 10.8 Å². The van der Waals surface area contributed by atoms with E-state index in [-0.39, 0.29) is 0 Å². The zero-order valence-corrected chi connectivity index (χ0v) is 16.0. The minimum Gasteiger partial charge on any atom is -0.337 e. The quantitative estimate of drug-likeness (QED) is 0.580. The second kappa shape index (κ2) is 7.29. The Morgan fingerprint density at radius 3 is 2.33 bits per heavy atom. The van der Waals surface area contributed by atoms with E-state index in [0.29, 0.717) is 0 Å². The summed E-state index contributed by atoms with van der Waals surface area (Å²) in [5.41, 5.74) is 6.20. The highest BCUT2D eigenvalue weighted by atomic mass is 32.2. The van der Waals surface area contributed by atoms with Crippen LogP contribution in [0.2, 0.25) is 0 Å². The summed E-state index contributed by atoms with van der Waals surface area (Å²) in [6.45, 7) is 2.08. The summed E-state index contributed by atoms with van der Waals surface area (Å²) in [6, 6.07) is 20.1. The fraction of sp³-hybridized carbons (Fsp3) is 0.0909. The standard InChI is InChI=1S/C22H19N3OS/c1-15-4-3-5-18(14-15)21-20(16-10-12-23-13-11-16)24-22(25-21)17-6-8-19(9-7-17)27(2)26/h3-14H,1-2H3,(H,24,25)/p+1. The number of pyridine rings is 1. The third-order valence-electron chi connectivity index (χ3n) is 4.46. The van der Waals surface area contributed by atoms with Crippen LogP contribution in [0.5, 0.6) is 0 Å². The molecule has 0 saturated carbocycles. The molecule has 0 saturated heterocycles. The Kier molecular flexibility index (Phi) is 4.69. The molecule has 0 radical (unpaired) electrons. The van der Waals surface area contributed by atoms with Gasteiger partial charge >= 0.3 is 0 Å². The predicted octanol–water partition coefficient (Wildman–Crippen LogP) is 4.27. The molecule has 1 atom stereocenters. The number of aromatic nitrogens is 3. The van der Waals surface area contributed by atoms with Gasteiger partial charge in [0.25, 0.3) is 0 Å². The van der Waals surface area contributed by atoms with Gasteiger partial charge in [-0.1, -0.05) is 35.9 Å². The number of aryl methyl sites for hydroxylation is 1. The number of H-pyrrole nitrogens is 2. The first-order chi connectivity index (χ1) is 13.1. The zero-order valence-electron chi connectivity index (χ0n) is 15.2. The van der Waals surface area contributed by atoms with Crippen LogP contribution >= 0.6 is 0 Å². The van der Waals surface area contributed by atoms with Crippen molar-refractivity contribution in [3.8, 4) is 33.9 Å². The Balaban J connectivity index is 1.86. The molecule has 0 aliphatic carbocycles. The summed E-state index contributed by atoms with van der Waals surface area (Å²) in [7, 11) is -0.989. The summed E-state index contributed by atoms with van der Waals surface area (Å²) in [5, 5.41) is 0. The van der Waals surface area contributed by atoms with E-state index in [2.05, 4.69) is 35.1 Å². The topological polar surface area (TPSA) is 59.9 Å². The lowest BCUT2D eigenvalue weighted by Crippen LogP contribution is -1.97. The van der Waals surface area contributed by atoms with Crippen LogP contribution in [-0.4, -0.2) is 20.4 Å². The number of rotatable bonds is 4. The van der Waals surface area contributed by atoms with Crippen LogP contribution in [0.25, 0.3) is 33.9 Å². The van der Waals surface area contributed by atoms with Gasteiger partial charge in [-0.05, 0) is 25.1 Å². The molecule has 1 unspecified atom stereocenters. The van der Waals surface area contributed by atoms with Gasteiger partial charge in [0, 0.05) is 50.8 Å². The molecule has 0 aliphatic rings. The maximum absolute atomic E-state index is 11.6. The average molecular weight is 374 g/mol. The van der Waals surface area contributed by atoms with Crippen LogP contribution in [0.4, 0.5) is 0 Å². The molecule has 0 amide bonds. The van der Waals surface area contributed by atoms with E-state index < -0.39 is 10.8 Å². The lowest BCUT2D eigenvalue weighted by Gasteiger charge is -2.03. The number of hydrogen-bond acceptors (Lipinski definition) is 2. The van der Waals surface area contributed by atoms with Gasteiger partial charge < -0.3 is 4.98 Å². The lowest BCUT2D eigenvalue weighted by molar-refractivity contribution is -0.377. The Morgan fingerprint density at radius 1 is 0.926 bits per heavy atom. The van der Waals surface area contributed by atoms with E-state index in [0.717, 1.165) is 38.8 Å². The summed E-state index contributed by atoms with van der Waals surface area (Å²) in [4.78, 5) is 12.3. The monoisotopic (exact) mass is 374 g/mol. The molecule has 0 fully saturated rings. The first kappa shape index (κ1) is 17.4. The maximum atomic E-state index is 11.6. The second-order valence-electron chi connectivity index (χ2n) is 6.45. The number of benzene rings is 2. The Hall–Kier alpha value is -3.05. The summed E-state index contributed by atoms with van der Waals surface area (Å²) in [5.74, 6) is 0.794. The number of aromatic amines is 2. The third kappa shape index (κ3) is 3.59. The van der Waals surface area contributed by atoms with Gasteiger partial charge in [0.2, 0.25) is 0 Å². The Bertz CT molecular complexity index is 1100. The molecular formula is C22H20N3OS+. The molecule has 5 heteroatoms. The molecule has 2 heterocycles. The normalized spacial score (nSPS) is 12.1. The third-order valence-corrected chi connectivity index (χ3v) is 5.40. The van der Waals surface area contributed by atoms with Crippen molar-refractivity contribution < 1.29 is 9.19 Å². The molecule has 4 rings (SSSR count). The van der Waals surface area contributed by atoms with Crippen molar-refractivity contribution in [2.24, 2.45) is 0 Å². The molecule has 4 nitrogen and oxygen atoms in total. The van der Waals surface area contributed by atoms with Crippen LogP contribution in [0.3, 0.4) is 0 Å². The number of hydrogen-bond donors (Lipinski definition) is 1. The number of nitrogens with one attached hydrogen (secondary N) is 2. The van der Waals surface area contributed by atoms with E-state index in [1.54, 1.807) is 6.26 Å². The van der Waals surface area contributed by atoms with E-state index in [4.69, 9.17) is 4.98 Å². The molecule has 2 N–H and O–H groups in total. The van der Waals surface area contributed by atoms with Gasteiger partial charge in [-0.2, -0.15) is 0 Å². The minimum absolute atomic E-state index is 0.794. The van der Waals surface area contributed by atoms with Gasteiger partial charge in [-0.15, -0.1) is 0 Å². The highest BCUT2D eigenvalue weighted by Gasteiger charge is 2.16. The minimum atomic E-state index is -0.989. The SMILES string of the molecule is Cc1cccc(-c2nc(-c3ccc(S(C)=O)cc3)[nH]c2-c2cc[nH+]cc2)c1. The van der Waals surface area contributed by atoms with Gasteiger partial charge in [0.1, 0.15) is 5.82 Å². The average Bonchev–Trinajstić information content (AvgIpc) is 3.14. The van der Waals surface area contributed by atoms with Crippen molar-refractivity contribution in [1.29, 1.82) is 0 Å². The van der Waals surface area contributed by atoms with Crippen LogP contribution in [0, 0.1) is 6.92 Å². The molecule has 2 aromatic heterocycles. The van der Waals surface area contributed by atoms with Crippen molar-refractivity contribution in [1.82, 2.24) is 9.97 Å². The second-order valence-corrected chi connectivity index (χ2v) is 7.83. The molecule has 0 spiro atoms. The van der Waals surface area contributed by atoms with E-state index in [1.807, 2.05) is 54.9 Å². The maximum Gasteiger partial charge on any atom is 0.167 e. The highest BCUT2D eigenvalue weighted by molar-refractivity contribution is 7.84. The van der Waals surface area contributed by atoms with Crippen LogP contribution in [0.15, 0.2) is 78.0 Å². The summed E-state index contributed by atoms with van der Waals surface area (Å²) < 4.78 is 11.6. The van der Waals surface area contributed by atoms with E-state index in [9.17, 15) is 4.21 Å². The fourth-order valence-electron chi connectivity index (χ4n) is 3.08. The summed E-state index contributed by atoms with van der Waals surface area (Å²) in [6.07, 6.45) is 5.49. The number of nitrogens with zero attached hydrogens (tertiary/aromatic N) is 1. The number of imidazole rings is 1. The molecule has 0 bridgehead atoms. The Labute approximate surface area is 160 Å². The molecule has 4 aromatic rings. The lowest BCUT2D eigenvalue weighted by atomic mass is 10.0. The molecule has 0 aliphatic heterocycles. The van der Waals surface area contributed by atoms with Crippen molar-refractivity contribution in [2.45, 2.75) is 11.8 Å². The van der Waals surface area contributed by atoms with Crippen molar-refractivity contribution in [3.05, 3.63) is 78.6 Å². The van der Waals surface area contributed by atoms with Crippen LogP contribution < -0.4 is 4.98 Å². The molecule has 134 valence electrons. The van der Waals surface area contributed by atoms with Crippen molar-refractivity contribution in [3.63, 3.8) is 0 Å². The smallest absolute Gasteiger partial charge is 0.167 e.